The molecule has 18 heavy (non-hydrogen) atoms. The molecule has 1 atom stereocenters. The first-order valence-electron chi connectivity index (χ1n) is 6.85. The molecule has 1 fully saturated rings. The Labute approximate surface area is 110 Å². The predicted octanol–water partition coefficient (Wildman–Crippen LogP) is 1.67. The first-order chi connectivity index (χ1) is 8.46. The lowest BCUT2D eigenvalue weighted by Gasteiger charge is -2.29. The fourth-order valence-electron chi connectivity index (χ4n) is 2.88. The van der Waals surface area contributed by atoms with Crippen LogP contribution in [-0.2, 0) is 6.54 Å². The summed E-state index contributed by atoms with van der Waals surface area (Å²) in [4.78, 5) is 2.46. The molecule has 2 rings (SSSR count). The molecule has 1 aliphatic rings. The Balaban J connectivity index is 1.91. The van der Waals surface area contributed by atoms with E-state index in [4.69, 9.17) is 0 Å². The van der Waals surface area contributed by atoms with E-state index in [1.807, 2.05) is 16.9 Å². The Hall–Kier alpha value is -0.870. The van der Waals surface area contributed by atoms with Crippen LogP contribution in [0.25, 0.3) is 0 Å². The average Bonchev–Trinajstić information content (AvgIpc) is 2.61. The van der Waals surface area contributed by atoms with Gasteiger partial charge in [-0.2, -0.15) is 5.10 Å². The fraction of sp³-hybridized carbons (Fsp3) is 0.786. The van der Waals surface area contributed by atoms with Crippen LogP contribution >= 0.6 is 0 Å². The lowest BCUT2D eigenvalue weighted by molar-refractivity contribution is 0.121. The zero-order chi connectivity index (χ0) is 13.2. The minimum atomic E-state index is -0.142. The molecule has 1 aliphatic heterocycles. The maximum atomic E-state index is 9.89. The first-order valence-corrected chi connectivity index (χ1v) is 6.85. The number of aliphatic hydroxyl groups excluding tert-OH is 1. The Kier molecular flexibility index (Phi) is 4.07. The van der Waals surface area contributed by atoms with E-state index in [0.29, 0.717) is 0 Å². The molecule has 1 unspecified atom stereocenters. The van der Waals surface area contributed by atoms with Crippen LogP contribution in [0.2, 0.25) is 0 Å². The van der Waals surface area contributed by atoms with Gasteiger partial charge in [-0.05, 0) is 31.2 Å². The smallest absolute Gasteiger partial charge is 0.0558 e. The van der Waals surface area contributed by atoms with Crippen LogP contribution in [0.4, 0.5) is 0 Å². The Morgan fingerprint density at radius 1 is 1.44 bits per heavy atom. The summed E-state index contributed by atoms with van der Waals surface area (Å²) in [5.74, 6) is 0. The molecule has 1 N–H and O–H groups in total. The summed E-state index contributed by atoms with van der Waals surface area (Å²) in [5, 5.41) is 14.2. The number of aliphatic hydroxyl groups is 1. The number of aryl methyl sites for hydroxylation is 1. The van der Waals surface area contributed by atoms with Gasteiger partial charge in [-0.1, -0.05) is 13.8 Å². The van der Waals surface area contributed by atoms with Crippen molar-refractivity contribution in [3.05, 3.63) is 18.0 Å². The van der Waals surface area contributed by atoms with E-state index in [0.717, 1.165) is 39.0 Å². The van der Waals surface area contributed by atoms with E-state index in [1.165, 1.54) is 5.69 Å². The Bertz CT molecular complexity index is 386. The van der Waals surface area contributed by atoms with Crippen LogP contribution in [0.3, 0.4) is 0 Å². The first kappa shape index (κ1) is 13.6. The summed E-state index contributed by atoms with van der Waals surface area (Å²) in [6.07, 6.45) is 3.51. The number of hydrogen-bond donors (Lipinski definition) is 1. The van der Waals surface area contributed by atoms with Gasteiger partial charge in [0.2, 0.25) is 0 Å². The summed E-state index contributed by atoms with van der Waals surface area (Å²) < 4.78 is 2.05. The molecular formula is C14H25N3O. The Morgan fingerprint density at radius 3 is 2.89 bits per heavy atom. The van der Waals surface area contributed by atoms with Gasteiger partial charge in [0, 0.05) is 31.5 Å². The minimum Gasteiger partial charge on any atom is -0.393 e. The average molecular weight is 251 g/mol. The third-order valence-electron chi connectivity index (χ3n) is 3.78. The van der Waals surface area contributed by atoms with Gasteiger partial charge in [0.15, 0.2) is 0 Å². The standard InChI is InChI=1S/C14H25N3O/c1-12-4-6-15-17(12)9-8-16-7-5-13(18)10-14(2,3)11-16/h4,6,13,18H,5,7-11H2,1-3H3. The van der Waals surface area contributed by atoms with Gasteiger partial charge in [0.25, 0.3) is 0 Å². The number of rotatable bonds is 3. The second-order valence-electron chi connectivity index (χ2n) is 6.28. The molecule has 0 spiro atoms. The van der Waals surface area contributed by atoms with Crippen molar-refractivity contribution < 1.29 is 5.11 Å². The van der Waals surface area contributed by atoms with Gasteiger partial charge < -0.3 is 10.0 Å². The zero-order valence-electron chi connectivity index (χ0n) is 11.8. The minimum absolute atomic E-state index is 0.142. The van der Waals surface area contributed by atoms with E-state index in [9.17, 15) is 5.11 Å². The maximum absolute atomic E-state index is 9.89. The van der Waals surface area contributed by atoms with Gasteiger partial charge in [-0.3, -0.25) is 4.68 Å². The molecule has 0 radical (unpaired) electrons. The Morgan fingerprint density at radius 2 is 2.22 bits per heavy atom. The summed E-state index contributed by atoms with van der Waals surface area (Å²) >= 11 is 0. The second-order valence-corrected chi connectivity index (χ2v) is 6.28. The van der Waals surface area contributed by atoms with Crippen molar-refractivity contribution in [2.24, 2.45) is 5.41 Å². The zero-order valence-corrected chi connectivity index (χ0v) is 11.8. The highest BCUT2D eigenvalue weighted by Crippen LogP contribution is 2.28. The van der Waals surface area contributed by atoms with Gasteiger partial charge in [0.1, 0.15) is 0 Å². The van der Waals surface area contributed by atoms with Gasteiger partial charge in [0.05, 0.1) is 12.6 Å². The molecule has 1 aromatic heterocycles. The van der Waals surface area contributed by atoms with Crippen LogP contribution in [0, 0.1) is 12.3 Å². The van der Waals surface area contributed by atoms with Crippen molar-refractivity contribution in [2.75, 3.05) is 19.6 Å². The van der Waals surface area contributed by atoms with Gasteiger partial charge in [-0.25, -0.2) is 0 Å². The number of aromatic nitrogens is 2. The van der Waals surface area contributed by atoms with E-state index in [2.05, 4.69) is 30.8 Å². The highest BCUT2D eigenvalue weighted by molar-refractivity contribution is 4.96. The van der Waals surface area contributed by atoms with Gasteiger partial charge >= 0.3 is 0 Å². The van der Waals surface area contributed by atoms with E-state index < -0.39 is 0 Å². The summed E-state index contributed by atoms with van der Waals surface area (Å²) in [5.41, 5.74) is 1.42. The highest BCUT2D eigenvalue weighted by atomic mass is 16.3. The molecule has 2 heterocycles. The molecule has 1 saturated heterocycles. The normalized spacial score (nSPS) is 25.0. The predicted molar refractivity (Wildman–Crippen MR) is 72.4 cm³/mol. The van der Waals surface area contributed by atoms with Crippen LogP contribution in [0.15, 0.2) is 12.3 Å². The second kappa shape index (κ2) is 5.41. The molecule has 4 heteroatoms. The van der Waals surface area contributed by atoms with Crippen molar-refractivity contribution in [1.29, 1.82) is 0 Å². The van der Waals surface area contributed by atoms with Crippen LogP contribution in [0.5, 0.6) is 0 Å². The molecular weight excluding hydrogens is 226 g/mol. The van der Waals surface area contributed by atoms with Crippen LogP contribution in [-0.4, -0.2) is 45.5 Å². The third kappa shape index (κ3) is 3.56. The van der Waals surface area contributed by atoms with Crippen molar-refractivity contribution >= 4 is 0 Å². The van der Waals surface area contributed by atoms with Crippen molar-refractivity contribution in [1.82, 2.24) is 14.7 Å². The molecule has 0 aliphatic carbocycles. The van der Waals surface area contributed by atoms with Gasteiger partial charge in [-0.15, -0.1) is 0 Å². The topological polar surface area (TPSA) is 41.3 Å². The molecule has 0 bridgehead atoms. The maximum Gasteiger partial charge on any atom is 0.0558 e. The fourth-order valence-corrected chi connectivity index (χ4v) is 2.88. The van der Waals surface area contributed by atoms with Crippen LogP contribution < -0.4 is 0 Å². The molecule has 102 valence electrons. The molecule has 0 amide bonds. The molecule has 4 nitrogen and oxygen atoms in total. The highest BCUT2D eigenvalue weighted by Gasteiger charge is 2.28. The van der Waals surface area contributed by atoms with E-state index in [-0.39, 0.29) is 11.5 Å². The lowest BCUT2D eigenvalue weighted by atomic mass is 9.87. The number of hydrogen-bond acceptors (Lipinski definition) is 3. The van der Waals surface area contributed by atoms with E-state index >= 15 is 0 Å². The lowest BCUT2D eigenvalue weighted by Crippen LogP contribution is -2.35. The summed E-state index contributed by atoms with van der Waals surface area (Å²) in [6.45, 7) is 10.6. The number of nitrogens with zero attached hydrogens (tertiary/aromatic N) is 3. The monoisotopic (exact) mass is 251 g/mol. The SMILES string of the molecule is Cc1ccnn1CCN1CCC(O)CC(C)(C)C1. The van der Waals surface area contributed by atoms with Crippen LogP contribution in [0.1, 0.15) is 32.4 Å². The molecule has 0 aromatic carbocycles. The molecule has 0 saturated carbocycles. The van der Waals surface area contributed by atoms with E-state index in [1.54, 1.807) is 0 Å². The van der Waals surface area contributed by atoms with Crippen molar-refractivity contribution in [3.8, 4) is 0 Å². The molecule has 1 aromatic rings. The van der Waals surface area contributed by atoms with Crippen molar-refractivity contribution in [2.45, 2.75) is 46.3 Å². The summed E-state index contributed by atoms with van der Waals surface area (Å²) in [6, 6.07) is 2.04. The number of likely N-dealkylation sites (tertiary alicyclic amines) is 1. The largest absolute Gasteiger partial charge is 0.393 e. The third-order valence-corrected chi connectivity index (χ3v) is 3.78. The summed E-state index contributed by atoms with van der Waals surface area (Å²) in [7, 11) is 0. The quantitative estimate of drug-likeness (QED) is 0.888. The van der Waals surface area contributed by atoms with Crippen molar-refractivity contribution in [3.63, 3.8) is 0 Å².